The number of rotatable bonds is 1. The van der Waals surface area contributed by atoms with Gasteiger partial charge >= 0.3 is 0 Å². The lowest BCUT2D eigenvalue weighted by atomic mass is 9.43. The molecule has 0 spiro atoms. The van der Waals surface area contributed by atoms with Crippen molar-refractivity contribution in [3.05, 3.63) is 29.3 Å². The summed E-state index contributed by atoms with van der Waals surface area (Å²) < 4.78 is 0. The number of carbonyl (C=O) groups is 1. The number of fused-ring (bicyclic) bond motifs is 2. The van der Waals surface area contributed by atoms with Crippen LogP contribution in [-0.4, -0.2) is 28.0 Å². The summed E-state index contributed by atoms with van der Waals surface area (Å²) in [5.41, 5.74) is 2.84. The number of hydrogen-bond donors (Lipinski definition) is 1. The van der Waals surface area contributed by atoms with Crippen molar-refractivity contribution in [2.24, 2.45) is 11.8 Å². The third kappa shape index (κ3) is 1.40. The SMILES string of the molecule is C[C@@]12CC3[C@H]1[C@@H](Cc1ccc(O)cc12)N3C(=O)C1CCCC1. The molecule has 1 unspecified atom stereocenters. The zero-order valence-electron chi connectivity index (χ0n) is 13.1. The summed E-state index contributed by atoms with van der Waals surface area (Å²) in [6.07, 6.45) is 6.70. The molecule has 116 valence electrons. The van der Waals surface area contributed by atoms with Gasteiger partial charge in [-0.1, -0.05) is 25.8 Å². The average Bonchev–Trinajstić information content (AvgIpc) is 2.99. The monoisotopic (exact) mass is 297 g/mol. The van der Waals surface area contributed by atoms with Crippen molar-refractivity contribution in [3.63, 3.8) is 0 Å². The lowest BCUT2D eigenvalue weighted by Gasteiger charge is -2.73. The third-order valence-electron chi connectivity index (χ3n) is 7.01. The fraction of sp³-hybridized carbons (Fsp3) is 0.632. The van der Waals surface area contributed by atoms with Gasteiger partial charge in [0.15, 0.2) is 0 Å². The maximum absolute atomic E-state index is 12.9. The molecular formula is C19H23NO2. The van der Waals surface area contributed by atoms with Crippen LogP contribution in [0.1, 0.15) is 50.2 Å². The molecule has 1 aliphatic heterocycles. The van der Waals surface area contributed by atoms with Crippen LogP contribution in [0.15, 0.2) is 18.2 Å². The molecule has 3 heteroatoms. The van der Waals surface area contributed by atoms with Crippen LogP contribution < -0.4 is 0 Å². The summed E-state index contributed by atoms with van der Waals surface area (Å²) in [6, 6.07) is 6.70. The molecule has 4 atom stereocenters. The van der Waals surface area contributed by atoms with E-state index in [1.807, 2.05) is 6.07 Å². The minimum atomic E-state index is 0.175. The Labute approximate surface area is 131 Å². The van der Waals surface area contributed by atoms with E-state index in [0.717, 1.165) is 25.7 Å². The van der Waals surface area contributed by atoms with E-state index in [2.05, 4.69) is 17.9 Å². The second-order valence-corrected chi connectivity index (χ2v) is 8.05. The molecule has 1 saturated heterocycles. The molecule has 4 aliphatic rings. The van der Waals surface area contributed by atoms with Gasteiger partial charge < -0.3 is 10.0 Å². The maximum atomic E-state index is 12.9. The first-order chi connectivity index (χ1) is 10.6. The first-order valence-corrected chi connectivity index (χ1v) is 8.74. The fourth-order valence-corrected chi connectivity index (χ4v) is 5.96. The molecule has 1 aromatic carbocycles. The first kappa shape index (κ1) is 13.0. The van der Waals surface area contributed by atoms with Gasteiger partial charge in [0.2, 0.25) is 5.91 Å². The Morgan fingerprint density at radius 2 is 2.05 bits per heavy atom. The zero-order chi connectivity index (χ0) is 15.1. The lowest BCUT2D eigenvalue weighted by molar-refractivity contribution is -0.198. The van der Waals surface area contributed by atoms with Gasteiger partial charge in [0.05, 0.1) is 0 Å². The van der Waals surface area contributed by atoms with E-state index in [-0.39, 0.29) is 5.41 Å². The van der Waals surface area contributed by atoms with Gasteiger partial charge in [-0.25, -0.2) is 0 Å². The van der Waals surface area contributed by atoms with Crippen LogP contribution in [0.2, 0.25) is 0 Å². The molecule has 2 saturated carbocycles. The Hall–Kier alpha value is -1.51. The number of phenolic OH excluding ortho intramolecular Hbond substituents is 1. The van der Waals surface area contributed by atoms with E-state index in [1.165, 1.54) is 24.0 Å². The molecule has 0 aromatic heterocycles. The topological polar surface area (TPSA) is 40.5 Å². The largest absolute Gasteiger partial charge is 0.508 e. The van der Waals surface area contributed by atoms with E-state index in [9.17, 15) is 9.90 Å². The number of phenols is 1. The molecule has 3 nitrogen and oxygen atoms in total. The molecule has 1 amide bonds. The highest BCUT2D eigenvalue weighted by Gasteiger charge is 2.69. The summed E-state index contributed by atoms with van der Waals surface area (Å²) in [4.78, 5) is 15.1. The van der Waals surface area contributed by atoms with Gasteiger partial charge in [0, 0.05) is 29.3 Å². The van der Waals surface area contributed by atoms with Gasteiger partial charge in [-0.05, 0) is 48.9 Å². The average molecular weight is 297 g/mol. The van der Waals surface area contributed by atoms with Gasteiger partial charge in [0.1, 0.15) is 5.75 Å². The van der Waals surface area contributed by atoms with E-state index < -0.39 is 0 Å². The maximum Gasteiger partial charge on any atom is 0.226 e. The second kappa shape index (κ2) is 4.06. The molecule has 0 bridgehead atoms. The standard InChI is InChI=1S/C19H23NO2/c1-19-10-16-17(19)15(8-12-6-7-13(21)9-14(12)19)20(16)18(22)11-4-2-3-5-11/h6-7,9,11,15-17,21H,2-5,8,10H2,1H3/t15-,16?,17-,19+/m1/s1. The predicted molar refractivity (Wildman–Crippen MR) is 83.6 cm³/mol. The van der Waals surface area contributed by atoms with Gasteiger partial charge in [-0.3, -0.25) is 4.79 Å². The van der Waals surface area contributed by atoms with Gasteiger partial charge in [-0.15, -0.1) is 0 Å². The molecular weight excluding hydrogens is 274 g/mol. The van der Waals surface area contributed by atoms with Crippen LogP contribution in [0.25, 0.3) is 0 Å². The normalized spacial score (nSPS) is 38.8. The molecule has 5 rings (SSSR count). The van der Waals surface area contributed by atoms with Crippen molar-refractivity contribution < 1.29 is 9.90 Å². The van der Waals surface area contributed by atoms with Crippen LogP contribution in [0.4, 0.5) is 0 Å². The van der Waals surface area contributed by atoms with Crippen LogP contribution in [0.3, 0.4) is 0 Å². The quantitative estimate of drug-likeness (QED) is 0.865. The molecule has 22 heavy (non-hydrogen) atoms. The minimum absolute atomic E-state index is 0.175. The minimum Gasteiger partial charge on any atom is -0.508 e. The summed E-state index contributed by atoms with van der Waals surface area (Å²) in [5.74, 6) is 1.73. The molecule has 1 N–H and O–H groups in total. The Balaban J connectivity index is 1.48. The number of likely N-dealkylation sites (tertiary alicyclic amines) is 1. The van der Waals surface area contributed by atoms with Crippen LogP contribution in [0.5, 0.6) is 5.75 Å². The lowest BCUT2D eigenvalue weighted by Crippen LogP contribution is -2.81. The van der Waals surface area contributed by atoms with Crippen LogP contribution in [0, 0.1) is 11.8 Å². The van der Waals surface area contributed by atoms with Gasteiger partial charge in [0.25, 0.3) is 0 Å². The summed E-state index contributed by atoms with van der Waals surface area (Å²) in [5, 5.41) is 9.83. The highest BCUT2D eigenvalue weighted by atomic mass is 16.3. The van der Waals surface area contributed by atoms with E-state index in [1.54, 1.807) is 6.07 Å². The molecule has 3 aliphatic carbocycles. The first-order valence-electron chi connectivity index (χ1n) is 8.74. The molecule has 1 aromatic rings. The van der Waals surface area contributed by atoms with Crippen molar-refractivity contribution in [2.45, 2.75) is 62.9 Å². The van der Waals surface area contributed by atoms with Crippen molar-refractivity contribution in [2.75, 3.05) is 0 Å². The fourth-order valence-electron chi connectivity index (χ4n) is 5.96. The highest BCUT2D eigenvalue weighted by molar-refractivity contribution is 5.82. The van der Waals surface area contributed by atoms with E-state index >= 15 is 0 Å². The van der Waals surface area contributed by atoms with Crippen LogP contribution in [-0.2, 0) is 16.6 Å². The highest BCUT2D eigenvalue weighted by Crippen LogP contribution is 2.64. The van der Waals surface area contributed by atoms with E-state index in [0.29, 0.717) is 35.6 Å². The molecule has 1 heterocycles. The smallest absolute Gasteiger partial charge is 0.226 e. The van der Waals surface area contributed by atoms with E-state index in [4.69, 9.17) is 0 Å². The second-order valence-electron chi connectivity index (χ2n) is 8.05. The predicted octanol–water partition coefficient (Wildman–Crippen LogP) is 3.00. The summed E-state index contributed by atoms with van der Waals surface area (Å²) in [7, 11) is 0. The summed E-state index contributed by atoms with van der Waals surface area (Å²) in [6.45, 7) is 2.33. The molecule has 0 radical (unpaired) electrons. The number of piperidine rings is 1. The Kier molecular flexibility index (Phi) is 2.40. The number of nitrogens with zero attached hydrogens (tertiary/aromatic N) is 1. The number of benzene rings is 1. The van der Waals surface area contributed by atoms with Gasteiger partial charge in [-0.2, -0.15) is 0 Å². The molecule has 3 fully saturated rings. The number of carbonyl (C=O) groups excluding carboxylic acids is 1. The van der Waals surface area contributed by atoms with Crippen molar-refractivity contribution in [1.82, 2.24) is 4.90 Å². The summed E-state index contributed by atoms with van der Waals surface area (Å²) >= 11 is 0. The Bertz CT molecular complexity index is 663. The number of amides is 1. The Morgan fingerprint density at radius 3 is 2.82 bits per heavy atom. The third-order valence-corrected chi connectivity index (χ3v) is 7.01. The Morgan fingerprint density at radius 1 is 1.27 bits per heavy atom. The van der Waals surface area contributed by atoms with Crippen molar-refractivity contribution >= 4 is 5.91 Å². The van der Waals surface area contributed by atoms with Crippen molar-refractivity contribution in [1.29, 1.82) is 0 Å². The zero-order valence-corrected chi connectivity index (χ0v) is 13.1. The van der Waals surface area contributed by atoms with Crippen LogP contribution >= 0.6 is 0 Å². The number of aromatic hydroxyl groups is 1. The number of hydrogen-bond acceptors (Lipinski definition) is 2. The van der Waals surface area contributed by atoms with Crippen molar-refractivity contribution in [3.8, 4) is 5.75 Å².